The first-order chi connectivity index (χ1) is 8.58. The van der Waals surface area contributed by atoms with Gasteiger partial charge in [0.2, 0.25) is 0 Å². The number of rotatable bonds is 4. The van der Waals surface area contributed by atoms with E-state index in [0.717, 1.165) is 16.8 Å². The molecule has 18 heavy (non-hydrogen) atoms. The summed E-state index contributed by atoms with van der Waals surface area (Å²) in [5, 5.41) is 8.74. The van der Waals surface area contributed by atoms with Crippen molar-refractivity contribution in [2.75, 3.05) is 0 Å². The molecule has 0 bridgehead atoms. The first-order valence-corrected chi connectivity index (χ1v) is 5.66. The molecule has 1 heterocycles. The molecule has 0 aliphatic heterocycles. The van der Waals surface area contributed by atoms with Crippen molar-refractivity contribution in [3.8, 4) is 11.3 Å². The maximum absolute atomic E-state index is 10.7. The average Bonchev–Trinajstić information content (AvgIpc) is 2.77. The van der Waals surface area contributed by atoms with E-state index in [2.05, 4.69) is 9.97 Å². The quantitative estimate of drug-likeness (QED) is 0.758. The molecule has 0 saturated carbocycles. The number of imidazole rings is 1. The molecule has 0 fully saturated rings. The predicted molar refractivity (Wildman–Crippen MR) is 68.1 cm³/mol. The van der Waals surface area contributed by atoms with Crippen molar-refractivity contribution in [3.63, 3.8) is 0 Å². The average molecular weight is 245 g/mol. The molecule has 5 nitrogen and oxygen atoms in total. The third kappa shape index (κ3) is 2.57. The van der Waals surface area contributed by atoms with Gasteiger partial charge in [-0.05, 0) is 12.5 Å². The van der Waals surface area contributed by atoms with Gasteiger partial charge in [0.1, 0.15) is 11.9 Å². The first kappa shape index (κ1) is 12.3. The highest BCUT2D eigenvalue weighted by molar-refractivity contribution is 5.73. The standard InChI is InChI=1S/C13H15N3O2/c1-8-4-2-3-5-9(8)11-7-15-12(16-11)6-10(14)13(17)18/h2-5,7,10H,6,14H2,1H3,(H,15,16)(H,17,18). The maximum atomic E-state index is 10.7. The lowest BCUT2D eigenvalue weighted by atomic mass is 10.1. The monoisotopic (exact) mass is 245 g/mol. The van der Waals surface area contributed by atoms with Crippen LogP contribution >= 0.6 is 0 Å². The van der Waals surface area contributed by atoms with Gasteiger partial charge in [0, 0.05) is 12.0 Å². The third-order valence-electron chi connectivity index (χ3n) is 2.79. The van der Waals surface area contributed by atoms with E-state index in [-0.39, 0.29) is 6.42 Å². The van der Waals surface area contributed by atoms with Gasteiger partial charge >= 0.3 is 5.97 Å². The number of aliphatic carboxylic acids is 1. The summed E-state index contributed by atoms with van der Waals surface area (Å²) in [5.74, 6) is -0.438. The van der Waals surface area contributed by atoms with Crippen LogP contribution in [-0.4, -0.2) is 27.1 Å². The highest BCUT2D eigenvalue weighted by atomic mass is 16.4. The van der Waals surface area contributed by atoms with Crippen LogP contribution in [0, 0.1) is 6.92 Å². The van der Waals surface area contributed by atoms with Gasteiger partial charge in [-0.15, -0.1) is 0 Å². The summed E-state index contributed by atoms with van der Waals surface area (Å²) in [6, 6.07) is 6.99. The van der Waals surface area contributed by atoms with Crippen molar-refractivity contribution in [1.29, 1.82) is 0 Å². The molecule has 0 spiro atoms. The Morgan fingerprint density at radius 2 is 2.22 bits per heavy atom. The molecule has 1 atom stereocenters. The molecule has 0 amide bonds. The summed E-state index contributed by atoms with van der Waals surface area (Å²) >= 11 is 0. The Bertz CT molecular complexity index is 563. The summed E-state index contributed by atoms with van der Waals surface area (Å²) in [4.78, 5) is 17.9. The number of carboxylic acids is 1. The van der Waals surface area contributed by atoms with Gasteiger partial charge in [0.05, 0.1) is 11.9 Å². The molecule has 2 aromatic rings. The number of nitrogens with zero attached hydrogens (tertiary/aromatic N) is 1. The van der Waals surface area contributed by atoms with Crippen molar-refractivity contribution < 1.29 is 9.90 Å². The molecule has 1 aromatic heterocycles. The minimum Gasteiger partial charge on any atom is -0.480 e. The highest BCUT2D eigenvalue weighted by Crippen LogP contribution is 2.21. The molecule has 0 saturated heterocycles. The Morgan fingerprint density at radius 1 is 1.50 bits per heavy atom. The predicted octanol–water partition coefficient (Wildman–Crippen LogP) is 1.34. The van der Waals surface area contributed by atoms with Gasteiger partial charge in [-0.3, -0.25) is 4.79 Å². The number of nitrogens with two attached hydrogens (primary N) is 1. The van der Waals surface area contributed by atoms with Crippen LogP contribution in [0.4, 0.5) is 0 Å². The van der Waals surface area contributed by atoms with E-state index in [0.29, 0.717) is 5.82 Å². The summed E-state index contributed by atoms with van der Waals surface area (Å²) in [6.07, 6.45) is 1.90. The molecule has 1 aromatic carbocycles. The number of aromatic amines is 1. The highest BCUT2D eigenvalue weighted by Gasteiger charge is 2.14. The number of benzene rings is 1. The van der Waals surface area contributed by atoms with Crippen LogP contribution < -0.4 is 5.73 Å². The van der Waals surface area contributed by atoms with Gasteiger partial charge in [-0.2, -0.15) is 0 Å². The molecule has 2 rings (SSSR count). The lowest BCUT2D eigenvalue weighted by Gasteiger charge is -2.04. The number of hydrogen-bond acceptors (Lipinski definition) is 3. The number of hydrogen-bond donors (Lipinski definition) is 3. The van der Waals surface area contributed by atoms with Crippen molar-refractivity contribution in [2.24, 2.45) is 5.73 Å². The first-order valence-electron chi connectivity index (χ1n) is 5.66. The van der Waals surface area contributed by atoms with E-state index < -0.39 is 12.0 Å². The lowest BCUT2D eigenvalue weighted by molar-refractivity contribution is -0.138. The fourth-order valence-corrected chi connectivity index (χ4v) is 1.77. The Labute approximate surface area is 105 Å². The summed E-state index contributed by atoms with van der Waals surface area (Å²) in [7, 11) is 0. The molecular weight excluding hydrogens is 230 g/mol. The van der Waals surface area contributed by atoms with Crippen molar-refractivity contribution in [3.05, 3.63) is 41.9 Å². The maximum Gasteiger partial charge on any atom is 0.320 e. The lowest BCUT2D eigenvalue weighted by Crippen LogP contribution is -2.32. The minimum atomic E-state index is -1.02. The van der Waals surface area contributed by atoms with Gasteiger partial charge in [-0.25, -0.2) is 4.98 Å². The summed E-state index contributed by atoms with van der Waals surface area (Å²) < 4.78 is 0. The Morgan fingerprint density at radius 3 is 2.89 bits per heavy atom. The minimum absolute atomic E-state index is 0.196. The smallest absolute Gasteiger partial charge is 0.320 e. The van der Waals surface area contributed by atoms with E-state index in [1.807, 2.05) is 31.2 Å². The molecule has 5 heteroatoms. The van der Waals surface area contributed by atoms with Gasteiger partial charge in [0.15, 0.2) is 0 Å². The summed E-state index contributed by atoms with van der Waals surface area (Å²) in [5.41, 5.74) is 8.53. The van der Waals surface area contributed by atoms with Crippen LogP contribution in [0.25, 0.3) is 11.3 Å². The fourth-order valence-electron chi connectivity index (χ4n) is 1.77. The van der Waals surface area contributed by atoms with Crippen molar-refractivity contribution in [2.45, 2.75) is 19.4 Å². The van der Waals surface area contributed by atoms with Crippen LogP contribution in [0.3, 0.4) is 0 Å². The van der Waals surface area contributed by atoms with Crippen LogP contribution in [0.1, 0.15) is 11.4 Å². The molecule has 0 aliphatic rings. The number of aromatic nitrogens is 2. The second kappa shape index (κ2) is 5.01. The van der Waals surface area contributed by atoms with Gasteiger partial charge in [-0.1, -0.05) is 24.3 Å². The molecule has 0 radical (unpaired) electrons. The van der Waals surface area contributed by atoms with Crippen molar-refractivity contribution >= 4 is 5.97 Å². The van der Waals surface area contributed by atoms with Crippen LogP contribution in [0.2, 0.25) is 0 Å². The van der Waals surface area contributed by atoms with Crippen molar-refractivity contribution in [1.82, 2.24) is 9.97 Å². The number of nitrogens with one attached hydrogen (secondary N) is 1. The molecule has 4 N–H and O–H groups in total. The zero-order valence-corrected chi connectivity index (χ0v) is 10.1. The Balaban J connectivity index is 2.21. The van der Waals surface area contributed by atoms with E-state index in [1.54, 1.807) is 6.20 Å². The topological polar surface area (TPSA) is 92.0 Å². The van der Waals surface area contributed by atoms with E-state index in [4.69, 9.17) is 10.8 Å². The van der Waals surface area contributed by atoms with E-state index in [9.17, 15) is 4.79 Å². The van der Waals surface area contributed by atoms with Crippen LogP contribution in [-0.2, 0) is 11.2 Å². The second-order valence-electron chi connectivity index (χ2n) is 4.21. The summed E-state index contributed by atoms with van der Waals surface area (Å²) in [6.45, 7) is 2.01. The third-order valence-corrected chi connectivity index (χ3v) is 2.79. The number of carboxylic acid groups (broad SMARTS) is 1. The Kier molecular flexibility index (Phi) is 3.43. The normalized spacial score (nSPS) is 12.3. The fraction of sp³-hybridized carbons (Fsp3) is 0.231. The van der Waals surface area contributed by atoms with E-state index in [1.165, 1.54) is 0 Å². The largest absolute Gasteiger partial charge is 0.480 e. The molecule has 0 aliphatic carbocycles. The van der Waals surface area contributed by atoms with Gasteiger partial charge in [0.25, 0.3) is 0 Å². The number of carbonyl (C=O) groups is 1. The zero-order chi connectivity index (χ0) is 13.1. The number of H-pyrrole nitrogens is 1. The second-order valence-corrected chi connectivity index (χ2v) is 4.21. The van der Waals surface area contributed by atoms with Gasteiger partial charge < -0.3 is 15.8 Å². The molecule has 1 unspecified atom stereocenters. The Hall–Kier alpha value is -2.14. The van der Waals surface area contributed by atoms with E-state index >= 15 is 0 Å². The molecular formula is C13H15N3O2. The number of aryl methyl sites for hydroxylation is 1. The molecule has 94 valence electrons. The SMILES string of the molecule is Cc1ccccc1-c1cnc(CC(N)C(=O)O)[nH]1. The zero-order valence-electron chi connectivity index (χ0n) is 10.1. The van der Waals surface area contributed by atoms with Crippen LogP contribution in [0.15, 0.2) is 30.5 Å². The van der Waals surface area contributed by atoms with Crippen LogP contribution in [0.5, 0.6) is 0 Å².